The van der Waals surface area contributed by atoms with Gasteiger partial charge in [-0.15, -0.1) is 0 Å². The van der Waals surface area contributed by atoms with Crippen molar-refractivity contribution >= 4 is 12.0 Å². The number of rotatable bonds is 10. The Labute approximate surface area is 161 Å². The van der Waals surface area contributed by atoms with Crippen molar-refractivity contribution in [3.8, 4) is 5.75 Å². The molecule has 0 aliphatic heterocycles. The number of aliphatic hydroxyl groups excluding tert-OH is 1. The summed E-state index contributed by atoms with van der Waals surface area (Å²) in [5.41, 5.74) is 1.96. The minimum atomic E-state index is -0.440. The predicted octanol–water partition coefficient (Wildman–Crippen LogP) is 4.76. The topological polar surface area (TPSA) is 55.8 Å². The highest BCUT2D eigenvalue weighted by atomic mass is 16.5. The van der Waals surface area contributed by atoms with Crippen molar-refractivity contribution in [1.82, 2.24) is 0 Å². The Morgan fingerprint density at radius 3 is 2.56 bits per heavy atom. The number of aliphatic hydroxyl groups is 1. The fraction of sp³-hybridized carbons (Fsp3) is 0.348. The second-order valence-electron chi connectivity index (χ2n) is 6.45. The Bertz CT molecular complexity index is 724. The Hall–Kier alpha value is -2.59. The maximum absolute atomic E-state index is 12.0. The summed E-state index contributed by atoms with van der Waals surface area (Å²) in [5.74, 6) is 0.340. The molecule has 27 heavy (non-hydrogen) atoms. The van der Waals surface area contributed by atoms with Crippen LogP contribution in [0.25, 0.3) is 6.08 Å². The largest absolute Gasteiger partial charge is 0.489 e. The SMILES string of the molecule is CC[C@@H](O)C[C@H](CC)OC(=O)C=Cc1cccc(OCc2ccccc2)c1. The van der Waals surface area contributed by atoms with Crippen molar-refractivity contribution in [2.24, 2.45) is 0 Å². The van der Waals surface area contributed by atoms with Crippen LogP contribution in [-0.2, 0) is 16.1 Å². The van der Waals surface area contributed by atoms with Gasteiger partial charge in [-0.1, -0.05) is 56.3 Å². The molecule has 4 nitrogen and oxygen atoms in total. The normalized spacial score (nSPS) is 13.3. The molecule has 2 aromatic rings. The smallest absolute Gasteiger partial charge is 0.331 e. The van der Waals surface area contributed by atoms with Gasteiger partial charge in [-0.05, 0) is 42.2 Å². The molecule has 0 aromatic heterocycles. The summed E-state index contributed by atoms with van der Waals surface area (Å²) in [6.45, 7) is 4.34. The van der Waals surface area contributed by atoms with Gasteiger partial charge in [0.25, 0.3) is 0 Å². The average Bonchev–Trinajstić information content (AvgIpc) is 2.71. The van der Waals surface area contributed by atoms with Gasteiger partial charge < -0.3 is 14.6 Å². The quantitative estimate of drug-likeness (QED) is 0.485. The van der Waals surface area contributed by atoms with Crippen molar-refractivity contribution in [1.29, 1.82) is 0 Å². The summed E-state index contributed by atoms with van der Waals surface area (Å²) < 4.78 is 11.2. The second-order valence-corrected chi connectivity index (χ2v) is 6.45. The zero-order chi connectivity index (χ0) is 19.5. The number of carbonyl (C=O) groups is 1. The number of esters is 1. The van der Waals surface area contributed by atoms with Gasteiger partial charge in [0, 0.05) is 12.5 Å². The number of hydrogen-bond acceptors (Lipinski definition) is 4. The van der Waals surface area contributed by atoms with Gasteiger partial charge in [-0.3, -0.25) is 0 Å². The van der Waals surface area contributed by atoms with E-state index in [1.807, 2.05) is 68.4 Å². The molecule has 0 aliphatic carbocycles. The summed E-state index contributed by atoms with van der Waals surface area (Å²) >= 11 is 0. The Morgan fingerprint density at radius 2 is 1.85 bits per heavy atom. The first-order valence-corrected chi connectivity index (χ1v) is 9.44. The van der Waals surface area contributed by atoms with Crippen molar-refractivity contribution in [3.05, 3.63) is 71.8 Å². The zero-order valence-electron chi connectivity index (χ0n) is 16.0. The number of hydrogen-bond donors (Lipinski definition) is 1. The first-order valence-electron chi connectivity index (χ1n) is 9.44. The molecule has 0 unspecified atom stereocenters. The minimum Gasteiger partial charge on any atom is -0.489 e. The molecular weight excluding hydrogens is 340 g/mol. The third kappa shape index (κ3) is 7.67. The summed E-state index contributed by atoms with van der Waals surface area (Å²) in [6.07, 6.45) is 4.22. The van der Waals surface area contributed by atoms with E-state index >= 15 is 0 Å². The van der Waals surface area contributed by atoms with Gasteiger partial charge in [-0.25, -0.2) is 4.79 Å². The molecule has 0 radical (unpaired) electrons. The molecule has 0 heterocycles. The Morgan fingerprint density at radius 1 is 1.07 bits per heavy atom. The van der Waals surface area contributed by atoms with Crippen LogP contribution in [0.1, 0.15) is 44.2 Å². The molecule has 0 amide bonds. The van der Waals surface area contributed by atoms with E-state index in [1.165, 1.54) is 6.08 Å². The molecule has 1 N–H and O–H groups in total. The molecule has 2 atom stereocenters. The van der Waals surface area contributed by atoms with Gasteiger partial charge in [0.1, 0.15) is 18.5 Å². The zero-order valence-corrected chi connectivity index (χ0v) is 16.0. The molecular formula is C23H28O4. The number of ether oxygens (including phenoxy) is 2. The van der Waals surface area contributed by atoms with E-state index in [9.17, 15) is 9.90 Å². The van der Waals surface area contributed by atoms with E-state index in [-0.39, 0.29) is 6.10 Å². The lowest BCUT2D eigenvalue weighted by atomic mass is 10.1. The predicted molar refractivity (Wildman–Crippen MR) is 107 cm³/mol. The maximum Gasteiger partial charge on any atom is 0.331 e. The number of benzene rings is 2. The highest BCUT2D eigenvalue weighted by Crippen LogP contribution is 2.17. The van der Waals surface area contributed by atoms with Crippen LogP contribution >= 0.6 is 0 Å². The third-order valence-electron chi connectivity index (χ3n) is 4.26. The Kier molecular flexibility index (Phi) is 8.59. The fourth-order valence-electron chi connectivity index (χ4n) is 2.58. The van der Waals surface area contributed by atoms with Crippen molar-refractivity contribution in [2.75, 3.05) is 0 Å². The van der Waals surface area contributed by atoms with Crippen LogP contribution < -0.4 is 4.74 Å². The van der Waals surface area contributed by atoms with E-state index in [2.05, 4.69) is 0 Å². The van der Waals surface area contributed by atoms with Crippen LogP contribution in [0.5, 0.6) is 5.75 Å². The molecule has 0 spiro atoms. The molecule has 0 fully saturated rings. The monoisotopic (exact) mass is 368 g/mol. The van der Waals surface area contributed by atoms with Crippen LogP contribution in [0, 0.1) is 0 Å². The highest BCUT2D eigenvalue weighted by molar-refractivity contribution is 5.87. The van der Waals surface area contributed by atoms with Crippen LogP contribution in [0.15, 0.2) is 60.7 Å². The fourth-order valence-corrected chi connectivity index (χ4v) is 2.58. The van der Waals surface area contributed by atoms with E-state index in [4.69, 9.17) is 9.47 Å². The maximum atomic E-state index is 12.0. The molecule has 4 heteroatoms. The second kappa shape index (κ2) is 11.2. The van der Waals surface area contributed by atoms with E-state index < -0.39 is 12.1 Å². The summed E-state index contributed by atoms with van der Waals surface area (Å²) in [6, 6.07) is 17.5. The summed E-state index contributed by atoms with van der Waals surface area (Å²) in [5, 5.41) is 9.72. The van der Waals surface area contributed by atoms with Crippen LogP contribution in [0.3, 0.4) is 0 Å². The molecule has 0 saturated carbocycles. The lowest BCUT2D eigenvalue weighted by Gasteiger charge is -2.17. The lowest BCUT2D eigenvalue weighted by Crippen LogP contribution is -2.22. The molecule has 0 saturated heterocycles. The minimum absolute atomic E-state index is 0.266. The van der Waals surface area contributed by atoms with Gasteiger partial charge >= 0.3 is 5.97 Å². The van der Waals surface area contributed by atoms with Crippen LogP contribution in [-0.4, -0.2) is 23.3 Å². The molecule has 144 valence electrons. The summed E-state index contributed by atoms with van der Waals surface area (Å²) in [7, 11) is 0. The van der Waals surface area contributed by atoms with Crippen molar-refractivity contribution in [3.63, 3.8) is 0 Å². The van der Waals surface area contributed by atoms with Gasteiger partial charge in [0.05, 0.1) is 6.10 Å². The first kappa shape index (κ1) is 20.7. The van der Waals surface area contributed by atoms with Gasteiger partial charge in [0.2, 0.25) is 0 Å². The highest BCUT2D eigenvalue weighted by Gasteiger charge is 2.14. The van der Waals surface area contributed by atoms with Gasteiger partial charge in [0.15, 0.2) is 0 Å². The molecule has 0 bridgehead atoms. The summed E-state index contributed by atoms with van der Waals surface area (Å²) in [4.78, 5) is 12.0. The van der Waals surface area contributed by atoms with Gasteiger partial charge in [-0.2, -0.15) is 0 Å². The van der Waals surface area contributed by atoms with E-state index in [1.54, 1.807) is 6.08 Å². The standard InChI is InChI=1S/C23H28O4/c1-3-20(24)16-21(4-2)27-23(25)14-13-18-11-8-12-22(15-18)26-17-19-9-6-5-7-10-19/h5-15,20-21,24H,3-4,16-17H2,1-2H3/t20-,21+/m1/s1. The third-order valence-corrected chi connectivity index (χ3v) is 4.26. The number of carbonyl (C=O) groups excluding carboxylic acids is 1. The van der Waals surface area contributed by atoms with Crippen molar-refractivity contribution < 1.29 is 19.4 Å². The van der Waals surface area contributed by atoms with Crippen LogP contribution in [0.4, 0.5) is 0 Å². The Balaban J connectivity index is 1.89. The first-order chi connectivity index (χ1) is 13.1. The van der Waals surface area contributed by atoms with Crippen molar-refractivity contribution in [2.45, 2.75) is 51.9 Å². The van der Waals surface area contributed by atoms with E-state index in [0.29, 0.717) is 25.9 Å². The lowest BCUT2D eigenvalue weighted by molar-refractivity contribution is -0.144. The van der Waals surface area contributed by atoms with E-state index in [0.717, 1.165) is 16.9 Å². The molecule has 0 aliphatic rings. The molecule has 2 aromatic carbocycles. The molecule has 2 rings (SSSR count). The van der Waals surface area contributed by atoms with Crippen LogP contribution in [0.2, 0.25) is 0 Å². The average molecular weight is 368 g/mol.